The Morgan fingerprint density at radius 3 is 1.20 bits per heavy atom. The predicted molar refractivity (Wildman–Crippen MR) is 278 cm³/mol. The van der Waals surface area contributed by atoms with Crippen LogP contribution in [-0.2, 0) is 23.8 Å². The summed E-state index contributed by atoms with van der Waals surface area (Å²) in [5.41, 5.74) is 0. The molecule has 0 heterocycles. The average Bonchev–Trinajstić information content (AvgIpc) is 3.30. The van der Waals surface area contributed by atoms with E-state index in [9.17, 15) is 9.59 Å². The Balaban J connectivity index is 4.52. The van der Waals surface area contributed by atoms with Gasteiger partial charge in [-0.25, -0.2) is 0 Å². The first kappa shape index (κ1) is 60.0. The van der Waals surface area contributed by atoms with Crippen molar-refractivity contribution in [3.05, 3.63) is 134 Å². The van der Waals surface area contributed by atoms with E-state index >= 15 is 0 Å². The predicted octanol–water partition coefficient (Wildman–Crippen LogP) is 17.6. The van der Waals surface area contributed by atoms with Gasteiger partial charge in [0.2, 0.25) is 0 Å². The van der Waals surface area contributed by atoms with Crippen molar-refractivity contribution in [2.24, 2.45) is 0 Å². The van der Waals surface area contributed by atoms with Crippen LogP contribution in [0.4, 0.5) is 0 Å². The highest BCUT2D eigenvalue weighted by Crippen LogP contribution is 2.12. The molecule has 0 fully saturated rings. The molecule has 0 aromatic heterocycles. The molecule has 1 atom stereocenters. The Bertz CT molecular complexity index is 1370. The van der Waals surface area contributed by atoms with Gasteiger partial charge in [-0.1, -0.05) is 219 Å². The zero-order chi connectivity index (χ0) is 46.3. The highest BCUT2D eigenvalue weighted by atomic mass is 16.6. The fraction of sp³-hybridized carbons (Fsp3) is 0.593. The van der Waals surface area contributed by atoms with Crippen LogP contribution in [0.2, 0.25) is 0 Å². The van der Waals surface area contributed by atoms with Gasteiger partial charge in [0.15, 0.2) is 6.10 Å². The highest BCUT2D eigenvalue weighted by molar-refractivity contribution is 5.71. The molecule has 0 aliphatic rings. The first-order valence-corrected chi connectivity index (χ1v) is 25.7. The molecule has 360 valence electrons. The van der Waals surface area contributed by atoms with Crippen LogP contribution >= 0.6 is 0 Å². The quantitative estimate of drug-likeness (QED) is 0.0346. The molecule has 0 radical (unpaired) electrons. The molecule has 0 aliphatic carbocycles. The number of unbranched alkanes of at least 4 members (excludes halogenated alkanes) is 13. The lowest BCUT2D eigenvalue weighted by Crippen LogP contribution is -2.29. The van der Waals surface area contributed by atoms with Crippen LogP contribution in [0.15, 0.2) is 134 Å². The van der Waals surface area contributed by atoms with E-state index in [4.69, 9.17) is 14.2 Å². The van der Waals surface area contributed by atoms with Crippen LogP contribution in [0.25, 0.3) is 0 Å². The van der Waals surface area contributed by atoms with E-state index in [-0.39, 0.29) is 31.6 Å². The molecule has 1 unspecified atom stereocenters. The zero-order valence-corrected chi connectivity index (χ0v) is 41.2. The topological polar surface area (TPSA) is 61.8 Å². The molecular weight excluding hydrogens is 789 g/mol. The lowest BCUT2D eigenvalue weighted by atomic mass is 10.1. The maximum Gasteiger partial charge on any atom is 0.310 e. The number of carbonyl (C=O) groups is 2. The summed E-state index contributed by atoms with van der Waals surface area (Å²) in [4.78, 5) is 25.3. The van der Waals surface area contributed by atoms with E-state index < -0.39 is 6.10 Å². The number of hydrogen-bond donors (Lipinski definition) is 0. The van der Waals surface area contributed by atoms with Gasteiger partial charge >= 0.3 is 11.9 Å². The molecule has 64 heavy (non-hydrogen) atoms. The van der Waals surface area contributed by atoms with Crippen molar-refractivity contribution >= 4 is 11.9 Å². The van der Waals surface area contributed by atoms with Crippen LogP contribution < -0.4 is 0 Å². The van der Waals surface area contributed by atoms with E-state index in [0.717, 1.165) is 89.9 Å². The number of allylic oxidation sites excluding steroid dienone is 20. The van der Waals surface area contributed by atoms with Gasteiger partial charge in [-0.05, 0) is 103 Å². The van der Waals surface area contributed by atoms with E-state index in [0.29, 0.717) is 13.0 Å². The van der Waals surface area contributed by atoms with Crippen molar-refractivity contribution < 1.29 is 23.8 Å². The molecule has 0 aliphatic heterocycles. The van der Waals surface area contributed by atoms with Crippen LogP contribution in [0.5, 0.6) is 0 Å². The molecular formula is C59H94O5. The van der Waals surface area contributed by atoms with E-state index in [1.807, 2.05) is 12.2 Å². The Labute approximate surface area is 394 Å². The van der Waals surface area contributed by atoms with E-state index in [1.165, 1.54) is 77.0 Å². The maximum atomic E-state index is 12.7. The molecule has 0 saturated heterocycles. The Morgan fingerprint density at radius 2 is 0.750 bits per heavy atom. The maximum absolute atomic E-state index is 12.7. The molecule has 0 rings (SSSR count). The second-order valence-electron chi connectivity index (χ2n) is 16.3. The summed E-state index contributed by atoms with van der Waals surface area (Å²) < 4.78 is 17.2. The Kier molecular flexibility index (Phi) is 50.1. The normalized spacial score (nSPS) is 13.4. The van der Waals surface area contributed by atoms with Crippen molar-refractivity contribution in [2.45, 2.75) is 207 Å². The SMILES string of the molecule is CC/C=C\C/C=C\C/C=C\C/C=C\C/C=C\CCOCC(COC(=O)CCCCCCCCC/C=C\CCCCCCCC)OC(=O)C/C=C\C/C=C\C/C=C\C/C=C\C/C=C\CC. The minimum atomic E-state index is -0.641. The second kappa shape index (κ2) is 53.4. The lowest BCUT2D eigenvalue weighted by Gasteiger charge is -2.18. The molecule has 0 bridgehead atoms. The van der Waals surface area contributed by atoms with Crippen LogP contribution in [-0.4, -0.2) is 37.9 Å². The van der Waals surface area contributed by atoms with Gasteiger partial charge in [-0.2, -0.15) is 0 Å². The molecule has 5 heteroatoms. The molecule has 0 spiro atoms. The molecule has 0 aromatic rings. The average molecular weight is 883 g/mol. The number of hydrogen-bond acceptors (Lipinski definition) is 5. The summed E-state index contributed by atoms with van der Waals surface area (Å²) in [6.45, 7) is 7.26. The smallest absolute Gasteiger partial charge is 0.310 e. The first-order chi connectivity index (χ1) is 31.6. The number of esters is 2. The summed E-state index contributed by atoms with van der Waals surface area (Å²) in [5, 5.41) is 0. The molecule has 5 nitrogen and oxygen atoms in total. The summed E-state index contributed by atoms with van der Waals surface area (Å²) in [7, 11) is 0. The van der Waals surface area contributed by atoms with Crippen LogP contribution in [0.3, 0.4) is 0 Å². The van der Waals surface area contributed by atoms with Crippen molar-refractivity contribution in [2.75, 3.05) is 19.8 Å². The second-order valence-corrected chi connectivity index (χ2v) is 16.3. The first-order valence-electron chi connectivity index (χ1n) is 25.7. The lowest BCUT2D eigenvalue weighted by molar-refractivity contribution is -0.162. The summed E-state index contributed by atoms with van der Waals surface area (Å²) in [6, 6.07) is 0. The fourth-order valence-electron chi connectivity index (χ4n) is 6.47. The van der Waals surface area contributed by atoms with Crippen molar-refractivity contribution in [1.82, 2.24) is 0 Å². The van der Waals surface area contributed by atoms with Gasteiger partial charge < -0.3 is 14.2 Å². The van der Waals surface area contributed by atoms with Gasteiger partial charge in [-0.15, -0.1) is 0 Å². The Morgan fingerprint density at radius 1 is 0.375 bits per heavy atom. The zero-order valence-electron chi connectivity index (χ0n) is 41.2. The minimum absolute atomic E-state index is 0.00527. The molecule has 0 aromatic carbocycles. The highest BCUT2D eigenvalue weighted by Gasteiger charge is 2.17. The van der Waals surface area contributed by atoms with Gasteiger partial charge in [-0.3, -0.25) is 9.59 Å². The third-order valence-electron chi connectivity index (χ3n) is 10.2. The van der Waals surface area contributed by atoms with E-state index in [2.05, 4.69) is 142 Å². The van der Waals surface area contributed by atoms with E-state index in [1.54, 1.807) is 0 Å². The minimum Gasteiger partial charge on any atom is -0.462 e. The molecule has 0 N–H and O–H groups in total. The van der Waals surface area contributed by atoms with Gasteiger partial charge in [0, 0.05) is 6.42 Å². The summed E-state index contributed by atoms with van der Waals surface area (Å²) in [5.74, 6) is -0.599. The third-order valence-corrected chi connectivity index (χ3v) is 10.2. The fourth-order valence-corrected chi connectivity index (χ4v) is 6.47. The van der Waals surface area contributed by atoms with Crippen LogP contribution in [0, 0.1) is 0 Å². The standard InChI is InChI=1S/C59H94O5/c1-4-7-10-13-16-19-22-25-28-30-32-34-37-40-43-46-49-52-58(60)63-56-57(55-62-54-51-48-45-42-39-36-33-29-26-23-20-17-14-11-8-5-2)64-59(61)53-50-47-44-41-38-35-31-27-24-21-18-15-12-9-6-3/h8-9,11-12,17-18,20-21,25-29,31,36,38-39,41,45,47-48,50,57H,4-7,10,13-16,19,22-24,30,32-35,37,40,42-44,46,49,51-56H2,1-3H3/b11-8-,12-9-,20-17-,21-18-,28-25-,29-26-,31-27-,39-36-,41-38-,48-45-,50-47-. The van der Waals surface area contributed by atoms with Crippen molar-refractivity contribution in [3.8, 4) is 0 Å². The number of carbonyl (C=O) groups excluding carboxylic acids is 2. The van der Waals surface area contributed by atoms with Gasteiger partial charge in [0.1, 0.15) is 6.61 Å². The van der Waals surface area contributed by atoms with Crippen molar-refractivity contribution in [3.63, 3.8) is 0 Å². The summed E-state index contributed by atoms with van der Waals surface area (Å²) >= 11 is 0. The van der Waals surface area contributed by atoms with Gasteiger partial charge in [0.05, 0.1) is 19.6 Å². The Hall–Kier alpha value is -3.96. The van der Waals surface area contributed by atoms with Crippen molar-refractivity contribution in [1.29, 1.82) is 0 Å². The third kappa shape index (κ3) is 50.7. The van der Waals surface area contributed by atoms with Gasteiger partial charge in [0.25, 0.3) is 0 Å². The number of ether oxygens (including phenoxy) is 3. The van der Waals surface area contributed by atoms with Crippen LogP contribution in [0.1, 0.15) is 201 Å². The summed E-state index contributed by atoms with van der Waals surface area (Å²) in [6.07, 6.45) is 76.5. The molecule has 0 saturated carbocycles. The number of rotatable bonds is 45. The molecule has 0 amide bonds. The largest absolute Gasteiger partial charge is 0.462 e. The monoisotopic (exact) mass is 883 g/mol.